The van der Waals surface area contributed by atoms with Crippen LogP contribution in [0.1, 0.15) is 13.3 Å². The molecule has 0 rings (SSSR count). The summed E-state index contributed by atoms with van der Waals surface area (Å²) in [6.45, 7) is 2.55. The van der Waals surface area contributed by atoms with Crippen LogP contribution in [0, 0.1) is 0 Å². The van der Waals surface area contributed by atoms with Crippen LogP contribution >= 0.6 is 0 Å². The first-order valence-electron chi connectivity index (χ1n) is 2.51. The summed E-state index contributed by atoms with van der Waals surface area (Å²) in [5, 5.41) is 0. The van der Waals surface area contributed by atoms with Gasteiger partial charge in [-0.05, 0) is 6.42 Å². The van der Waals surface area contributed by atoms with Crippen molar-refractivity contribution >= 4 is 0 Å². The van der Waals surface area contributed by atoms with Crippen LogP contribution in [0.4, 0.5) is 0 Å². The number of ether oxygens (including phenoxy) is 1. The highest BCUT2D eigenvalue weighted by Gasteiger charge is 1.94. The Bertz CT molecular complexity index is 39.1. The first-order valence-corrected chi connectivity index (χ1v) is 2.51. The summed E-state index contributed by atoms with van der Waals surface area (Å²) in [4.78, 5) is 0. The van der Waals surface area contributed by atoms with Crippen LogP contribution in [-0.2, 0) is 4.74 Å². The summed E-state index contributed by atoms with van der Waals surface area (Å²) in [5.74, 6) is 0. The zero-order chi connectivity index (χ0) is 5.70. The third-order valence-corrected chi connectivity index (χ3v) is 0.861. The van der Waals surface area contributed by atoms with Gasteiger partial charge in [-0.1, -0.05) is 6.92 Å². The Balaban J connectivity index is 2.83. The molecule has 0 saturated heterocycles. The van der Waals surface area contributed by atoms with E-state index in [1.807, 2.05) is 6.92 Å². The van der Waals surface area contributed by atoms with Crippen LogP contribution in [0.3, 0.4) is 0 Å². The largest absolute Gasteiger partial charge is 0.383 e. The second-order valence-electron chi connectivity index (χ2n) is 1.56. The molecule has 1 N–H and O–H groups in total. The number of methoxy groups -OCH3 is 1. The zero-order valence-corrected chi connectivity index (χ0v) is 4.90. The number of rotatable bonds is 3. The number of hydrogen-bond acceptors (Lipinski definition) is 1. The van der Waals surface area contributed by atoms with Gasteiger partial charge in [-0.2, -0.15) is 0 Å². The lowest BCUT2D eigenvalue weighted by Gasteiger charge is -2.02. The number of nitrogens with one attached hydrogen (secondary N) is 1. The van der Waals surface area contributed by atoms with Crippen LogP contribution in [-0.4, -0.2) is 19.8 Å². The van der Waals surface area contributed by atoms with E-state index in [-0.39, 0.29) is 6.04 Å². The van der Waals surface area contributed by atoms with E-state index in [0.717, 1.165) is 6.42 Å². The Morgan fingerprint density at radius 3 is 2.43 bits per heavy atom. The molecule has 0 aliphatic rings. The highest BCUT2D eigenvalue weighted by Crippen LogP contribution is 1.85. The third kappa shape index (κ3) is 3.76. The van der Waals surface area contributed by atoms with Gasteiger partial charge in [0.25, 0.3) is 0 Å². The maximum absolute atomic E-state index is 7.10. The van der Waals surface area contributed by atoms with Gasteiger partial charge in [-0.15, -0.1) is 0 Å². The van der Waals surface area contributed by atoms with Crippen LogP contribution in [0.5, 0.6) is 0 Å². The molecule has 43 valence electrons. The molecular weight excluding hydrogens is 90.1 g/mol. The molecule has 0 aromatic rings. The second kappa shape index (κ2) is 4.09. The summed E-state index contributed by atoms with van der Waals surface area (Å²) < 4.78 is 4.71. The van der Waals surface area contributed by atoms with Crippen molar-refractivity contribution in [3.63, 3.8) is 0 Å². The molecule has 0 aliphatic heterocycles. The topological polar surface area (TPSA) is 33.0 Å². The van der Waals surface area contributed by atoms with Crippen LogP contribution in [0.25, 0.3) is 0 Å². The minimum atomic E-state index is -0.0231. The predicted molar refractivity (Wildman–Crippen MR) is 29.1 cm³/mol. The average molecular weight is 102 g/mol. The smallest absolute Gasteiger partial charge is 0.0629 e. The van der Waals surface area contributed by atoms with Crippen molar-refractivity contribution in [2.24, 2.45) is 0 Å². The number of hydrogen-bond donors (Lipinski definition) is 0. The van der Waals surface area contributed by atoms with Gasteiger partial charge < -0.3 is 4.74 Å². The maximum Gasteiger partial charge on any atom is 0.0629 e. The molecule has 1 atom stereocenters. The van der Waals surface area contributed by atoms with Gasteiger partial charge in [0.05, 0.1) is 6.61 Å². The minimum Gasteiger partial charge on any atom is -0.383 e. The van der Waals surface area contributed by atoms with E-state index in [4.69, 9.17) is 10.5 Å². The van der Waals surface area contributed by atoms with Crippen molar-refractivity contribution in [2.45, 2.75) is 19.4 Å². The third-order valence-electron chi connectivity index (χ3n) is 0.861. The van der Waals surface area contributed by atoms with Crippen LogP contribution in [0.15, 0.2) is 0 Å². The molecule has 0 aromatic heterocycles. The summed E-state index contributed by atoms with van der Waals surface area (Å²) in [5.41, 5.74) is 7.10. The highest BCUT2D eigenvalue weighted by atomic mass is 16.5. The molecule has 0 amide bonds. The van der Waals surface area contributed by atoms with E-state index in [2.05, 4.69) is 0 Å². The first kappa shape index (κ1) is 6.92. The quantitative estimate of drug-likeness (QED) is 0.516. The van der Waals surface area contributed by atoms with E-state index in [9.17, 15) is 0 Å². The van der Waals surface area contributed by atoms with Gasteiger partial charge >= 0.3 is 0 Å². The lowest BCUT2D eigenvalue weighted by atomic mass is 10.3. The van der Waals surface area contributed by atoms with E-state index >= 15 is 0 Å². The Morgan fingerprint density at radius 1 is 1.71 bits per heavy atom. The van der Waals surface area contributed by atoms with E-state index in [1.54, 1.807) is 7.11 Å². The fraction of sp³-hybridized carbons (Fsp3) is 1.00. The molecule has 2 heteroatoms. The zero-order valence-electron chi connectivity index (χ0n) is 4.90. The lowest BCUT2D eigenvalue weighted by Crippen LogP contribution is -2.13. The normalized spacial score (nSPS) is 14.1. The molecule has 0 aromatic carbocycles. The van der Waals surface area contributed by atoms with Crippen LogP contribution < -0.4 is 5.73 Å². The predicted octanol–water partition coefficient (Wildman–Crippen LogP) is 0.694. The van der Waals surface area contributed by atoms with Gasteiger partial charge in [-0.3, -0.25) is 5.73 Å². The molecular formula is C5H12NO. The molecule has 0 spiro atoms. The monoisotopic (exact) mass is 102 g/mol. The molecule has 0 saturated carbocycles. The molecule has 0 fully saturated rings. The standard InChI is InChI=1S/C5H12NO/c1-3-5(6)4-7-2/h5-6H,3-4H2,1-2H3. The van der Waals surface area contributed by atoms with Crippen molar-refractivity contribution in [1.82, 2.24) is 5.73 Å². The van der Waals surface area contributed by atoms with Crippen molar-refractivity contribution in [3.05, 3.63) is 0 Å². The molecule has 2 nitrogen and oxygen atoms in total. The Labute approximate surface area is 44.7 Å². The fourth-order valence-electron chi connectivity index (χ4n) is 0.319. The summed E-state index contributed by atoms with van der Waals surface area (Å²) in [7, 11) is 1.62. The minimum absolute atomic E-state index is 0.0231. The van der Waals surface area contributed by atoms with E-state index in [1.165, 1.54) is 0 Å². The molecule has 7 heavy (non-hydrogen) atoms. The molecule has 0 heterocycles. The Kier molecular flexibility index (Phi) is 4.04. The molecule has 0 bridgehead atoms. The van der Waals surface area contributed by atoms with Gasteiger partial charge in [0.15, 0.2) is 0 Å². The van der Waals surface area contributed by atoms with Crippen molar-refractivity contribution in [1.29, 1.82) is 0 Å². The van der Waals surface area contributed by atoms with Gasteiger partial charge in [0.1, 0.15) is 0 Å². The Morgan fingerprint density at radius 2 is 2.29 bits per heavy atom. The van der Waals surface area contributed by atoms with E-state index < -0.39 is 0 Å². The summed E-state index contributed by atoms with van der Waals surface area (Å²) in [6.07, 6.45) is 0.883. The second-order valence-corrected chi connectivity index (χ2v) is 1.56. The molecule has 1 unspecified atom stereocenters. The van der Waals surface area contributed by atoms with Crippen molar-refractivity contribution in [2.75, 3.05) is 13.7 Å². The summed E-state index contributed by atoms with van der Waals surface area (Å²) >= 11 is 0. The highest BCUT2D eigenvalue weighted by molar-refractivity contribution is 4.52. The average Bonchev–Trinajstić information content (AvgIpc) is 1.68. The maximum atomic E-state index is 7.10. The molecule has 1 radical (unpaired) electrons. The SMILES string of the molecule is CCC([NH])COC. The van der Waals surface area contributed by atoms with Gasteiger partial charge in [0.2, 0.25) is 0 Å². The van der Waals surface area contributed by atoms with Gasteiger partial charge in [0, 0.05) is 13.2 Å². The lowest BCUT2D eigenvalue weighted by molar-refractivity contribution is 0.176. The van der Waals surface area contributed by atoms with Crippen LogP contribution in [0.2, 0.25) is 0 Å². The van der Waals surface area contributed by atoms with Gasteiger partial charge in [-0.25, -0.2) is 0 Å². The molecule has 0 aliphatic carbocycles. The van der Waals surface area contributed by atoms with E-state index in [0.29, 0.717) is 6.61 Å². The van der Waals surface area contributed by atoms with Crippen molar-refractivity contribution < 1.29 is 4.74 Å². The van der Waals surface area contributed by atoms with Crippen molar-refractivity contribution in [3.8, 4) is 0 Å². The first-order chi connectivity index (χ1) is 3.31. The fourth-order valence-corrected chi connectivity index (χ4v) is 0.319. The Hall–Kier alpha value is -0.0800. The summed E-state index contributed by atoms with van der Waals surface area (Å²) in [6, 6.07) is -0.0231.